The van der Waals surface area contributed by atoms with Crippen LogP contribution in [0, 0.1) is 5.92 Å². The molecule has 2 rings (SSSR count). The van der Waals surface area contributed by atoms with Gasteiger partial charge in [-0.3, -0.25) is 24.2 Å². The number of rotatable bonds is 5. The summed E-state index contributed by atoms with van der Waals surface area (Å²) in [6.07, 6.45) is 2.34. The van der Waals surface area contributed by atoms with E-state index in [-0.39, 0.29) is 30.2 Å². The Balaban J connectivity index is 2.21. The maximum absolute atomic E-state index is 12.6. The zero-order valence-electron chi connectivity index (χ0n) is 12.9. The molecule has 2 fully saturated rings. The summed E-state index contributed by atoms with van der Waals surface area (Å²) in [6.45, 7) is 6.37. The van der Waals surface area contributed by atoms with Gasteiger partial charge in [0.15, 0.2) is 0 Å². The third kappa shape index (κ3) is 2.69. The van der Waals surface area contributed by atoms with Gasteiger partial charge in [0.2, 0.25) is 11.8 Å². The van der Waals surface area contributed by atoms with E-state index in [1.54, 1.807) is 4.90 Å². The SMILES string of the molecule is CCC(CC)N1C(=O)CC(N2CCC(C)C2C(=O)O)C1=O. The van der Waals surface area contributed by atoms with Crippen LogP contribution in [0.1, 0.15) is 46.5 Å². The number of carbonyl (C=O) groups is 3. The van der Waals surface area contributed by atoms with Crippen molar-refractivity contribution in [2.45, 2.75) is 64.6 Å². The molecule has 0 aliphatic carbocycles. The van der Waals surface area contributed by atoms with Crippen LogP contribution in [0.4, 0.5) is 0 Å². The van der Waals surface area contributed by atoms with Crippen molar-refractivity contribution in [2.24, 2.45) is 5.92 Å². The van der Waals surface area contributed by atoms with E-state index in [2.05, 4.69) is 0 Å². The minimum absolute atomic E-state index is 0.00704. The summed E-state index contributed by atoms with van der Waals surface area (Å²) in [5.41, 5.74) is 0. The summed E-state index contributed by atoms with van der Waals surface area (Å²) in [5.74, 6) is -1.27. The van der Waals surface area contributed by atoms with E-state index in [1.807, 2.05) is 20.8 Å². The smallest absolute Gasteiger partial charge is 0.321 e. The maximum Gasteiger partial charge on any atom is 0.321 e. The quantitative estimate of drug-likeness (QED) is 0.769. The predicted molar refractivity (Wildman–Crippen MR) is 76.5 cm³/mol. The predicted octanol–water partition coefficient (Wildman–Crippen LogP) is 1.10. The zero-order valence-corrected chi connectivity index (χ0v) is 12.9. The van der Waals surface area contributed by atoms with Crippen LogP contribution in [-0.2, 0) is 14.4 Å². The summed E-state index contributed by atoms with van der Waals surface area (Å²) in [5, 5.41) is 9.38. The first kappa shape index (κ1) is 15.9. The van der Waals surface area contributed by atoms with Crippen molar-refractivity contribution in [1.29, 1.82) is 0 Å². The van der Waals surface area contributed by atoms with Crippen molar-refractivity contribution in [3.05, 3.63) is 0 Å². The average Bonchev–Trinajstić information content (AvgIpc) is 2.94. The Kier molecular flexibility index (Phi) is 4.66. The molecular weight excluding hydrogens is 272 g/mol. The van der Waals surface area contributed by atoms with Gasteiger partial charge in [-0.05, 0) is 25.2 Å². The molecule has 0 aromatic heterocycles. The minimum atomic E-state index is -0.902. The third-order valence-corrected chi connectivity index (χ3v) is 4.86. The number of carboxylic acids is 1. The molecule has 2 heterocycles. The van der Waals surface area contributed by atoms with Gasteiger partial charge in [-0.15, -0.1) is 0 Å². The molecule has 3 atom stereocenters. The Morgan fingerprint density at radius 3 is 2.48 bits per heavy atom. The highest BCUT2D eigenvalue weighted by Crippen LogP contribution is 2.32. The van der Waals surface area contributed by atoms with Crippen LogP contribution in [0.25, 0.3) is 0 Å². The molecule has 0 aromatic rings. The van der Waals surface area contributed by atoms with E-state index in [1.165, 1.54) is 4.90 Å². The first-order chi connectivity index (χ1) is 9.92. The summed E-state index contributed by atoms with van der Waals surface area (Å²) in [4.78, 5) is 39.3. The highest BCUT2D eigenvalue weighted by Gasteiger charge is 2.50. The van der Waals surface area contributed by atoms with Crippen LogP contribution >= 0.6 is 0 Å². The fraction of sp³-hybridized carbons (Fsp3) is 0.800. The Morgan fingerprint density at radius 2 is 1.95 bits per heavy atom. The monoisotopic (exact) mass is 296 g/mol. The second-order valence-electron chi connectivity index (χ2n) is 6.08. The Hall–Kier alpha value is -1.43. The molecule has 2 amide bonds. The van der Waals surface area contributed by atoms with Gasteiger partial charge in [0.25, 0.3) is 0 Å². The average molecular weight is 296 g/mol. The van der Waals surface area contributed by atoms with E-state index in [9.17, 15) is 19.5 Å². The lowest BCUT2D eigenvalue weighted by atomic mass is 10.0. The number of imide groups is 1. The van der Waals surface area contributed by atoms with Gasteiger partial charge in [-0.25, -0.2) is 0 Å². The van der Waals surface area contributed by atoms with Crippen molar-refractivity contribution in [1.82, 2.24) is 9.80 Å². The van der Waals surface area contributed by atoms with Gasteiger partial charge in [0, 0.05) is 12.6 Å². The van der Waals surface area contributed by atoms with E-state index in [4.69, 9.17) is 0 Å². The molecule has 0 radical (unpaired) electrons. The van der Waals surface area contributed by atoms with E-state index < -0.39 is 18.1 Å². The number of hydrogen-bond acceptors (Lipinski definition) is 4. The Labute approximate surface area is 125 Å². The van der Waals surface area contributed by atoms with Crippen LogP contribution in [0.5, 0.6) is 0 Å². The van der Waals surface area contributed by atoms with Crippen LogP contribution in [-0.4, -0.2) is 57.4 Å². The lowest BCUT2D eigenvalue weighted by Gasteiger charge is -2.29. The van der Waals surface area contributed by atoms with Crippen molar-refractivity contribution in [2.75, 3.05) is 6.54 Å². The summed E-state index contributed by atoms with van der Waals surface area (Å²) >= 11 is 0. The molecular formula is C15H24N2O4. The number of amides is 2. The van der Waals surface area contributed by atoms with Gasteiger partial charge >= 0.3 is 5.97 Å². The first-order valence-corrected chi connectivity index (χ1v) is 7.76. The standard InChI is InChI=1S/C15H24N2O4/c1-4-10(5-2)17-12(18)8-11(14(17)19)16-7-6-9(3)13(16)15(20)21/h9-11,13H,4-8H2,1-3H3,(H,20,21). The summed E-state index contributed by atoms with van der Waals surface area (Å²) in [7, 11) is 0. The van der Waals surface area contributed by atoms with Crippen molar-refractivity contribution in [3.63, 3.8) is 0 Å². The zero-order chi connectivity index (χ0) is 15.7. The first-order valence-electron chi connectivity index (χ1n) is 7.76. The van der Waals surface area contributed by atoms with Gasteiger partial charge < -0.3 is 5.11 Å². The third-order valence-electron chi connectivity index (χ3n) is 4.86. The summed E-state index contributed by atoms with van der Waals surface area (Å²) < 4.78 is 0. The molecule has 21 heavy (non-hydrogen) atoms. The molecule has 6 nitrogen and oxygen atoms in total. The number of carboxylic acid groups (broad SMARTS) is 1. The van der Waals surface area contributed by atoms with Crippen LogP contribution < -0.4 is 0 Å². The van der Waals surface area contributed by atoms with Crippen LogP contribution in [0.15, 0.2) is 0 Å². The number of hydrogen-bond donors (Lipinski definition) is 1. The molecule has 0 aromatic carbocycles. The van der Waals surface area contributed by atoms with Crippen molar-refractivity contribution >= 4 is 17.8 Å². The molecule has 118 valence electrons. The molecule has 2 saturated heterocycles. The number of carbonyl (C=O) groups excluding carboxylic acids is 2. The van der Waals surface area contributed by atoms with E-state index >= 15 is 0 Å². The highest BCUT2D eigenvalue weighted by atomic mass is 16.4. The Bertz CT molecular complexity index is 447. The second kappa shape index (κ2) is 6.13. The summed E-state index contributed by atoms with van der Waals surface area (Å²) in [6, 6.07) is -1.32. The number of aliphatic carboxylic acids is 1. The largest absolute Gasteiger partial charge is 0.480 e. The van der Waals surface area contributed by atoms with E-state index in [0.717, 1.165) is 19.3 Å². The van der Waals surface area contributed by atoms with Crippen LogP contribution in [0.2, 0.25) is 0 Å². The molecule has 0 bridgehead atoms. The van der Waals surface area contributed by atoms with Gasteiger partial charge in [0.05, 0.1) is 12.5 Å². The van der Waals surface area contributed by atoms with E-state index in [0.29, 0.717) is 6.54 Å². The second-order valence-corrected chi connectivity index (χ2v) is 6.08. The molecule has 1 N–H and O–H groups in total. The lowest BCUT2D eigenvalue weighted by Crippen LogP contribution is -2.49. The van der Waals surface area contributed by atoms with Crippen molar-refractivity contribution in [3.8, 4) is 0 Å². The van der Waals surface area contributed by atoms with Crippen molar-refractivity contribution < 1.29 is 19.5 Å². The molecule has 2 aliphatic heterocycles. The lowest BCUT2D eigenvalue weighted by molar-refractivity contribution is -0.146. The molecule has 6 heteroatoms. The molecule has 0 spiro atoms. The molecule has 3 unspecified atom stereocenters. The van der Waals surface area contributed by atoms with Gasteiger partial charge in [0.1, 0.15) is 6.04 Å². The Morgan fingerprint density at radius 1 is 1.33 bits per heavy atom. The fourth-order valence-electron chi connectivity index (χ4n) is 3.64. The topological polar surface area (TPSA) is 77.9 Å². The fourth-order valence-corrected chi connectivity index (χ4v) is 3.64. The van der Waals surface area contributed by atoms with Gasteiger partial charge in [-0.2, -0.15) is 0 Å². The van der Waals surface area contributed by atoms with Crippen LogP contribution in [0.3, 0.4) is 0 Å². The molecule has 2 aliphatic rings. The molecule has 0 saturated carbocycles. The minimum Gasteiger partial charge on any atom is -0.480 e. The highest BCUT2D eigenvalue weighted by molar-refractivity contribution is 6.06. The van der Waals surface area contributed by atoms with Gasteiger partial charge in [-0.1, -0.05) is 20.8 Å². The number of nitrogens with zero attached hydrogens (tertiary/aromatic N) is 2. The number of likely N-dealkylation sites (tertiary alicyclic amines) is 2. The normalized spacial score (nSPS) is 30.7. The maximum atomic E-state index is 12.6.